The van der Waals surface area contributed by atoms with Gasteiger partial charge in [-0.3, -0.25) is 0 Å². The maximum absolute atomic E-state index is 14.7. The van der Waals surface area contributed by atoms with Crippen LogP contribution in [0.1, 0.15) is 78.1 Å². The van der Waals surface area contributed by atoms with E-state index in [0.717, 1.165) is 18.9 Å². The zero-order valence-electron chi connectivity index (χ0n) is 21.3. The smallest absolute Gasteiger partial charge is 0.494 e. The van der Waals surface area contributed by atoms with Crippen LogP contribution in [0.3, 0.4) is 0 Å². The Kier molecular flexibility index (Phi) is 12.7. The first-order valence-corrected chi connectivity index (χ1v) is 12.8. The van der Waals surface area contributed by atoms with Gasteiger partial charge in [-0.15, -0.1) is 0 Å². The maximum Gasteiger partial charge on any atom is 0.514 e. The van der Waals surface area contributed by atoms with Gasteiger partial charge in [0.25, 0.3) is 0 Å². The van der Waals surface area contributed by atoms with Crippen LogP contribution in [0, 0.1) is 11.6 Å². The number of rotatable bonds is 15. The van der Waals surface area contributed by atoms with Crippen LogP contribution in [-0.4, -0.2) is 25.0 Å². The fourth-order valence-electron chi connectivity index (χ4n) is 3.74. The molecule has 0 aliphatic carbocycles. The predicted octanol–water partition coefficient (Wildman–Crippen LogP) is 9.40. The molecule has 1 unspecified atom stereocenters. The second-order valence-electron chi connectivity index (χ2n) is 8.88. The summed E-state index contributed by atoms with van der Waals surface area (Å²) in [6, 6.07) is 8.55. The Morgan fingerprint density at radius 2 is 1.43 bits per heavy atom. The average molecular weight is 531 g/mol. The van der Waals surface area contributed by atoms with Crippen molar-refractivity contribution in [2.24, 2.45) is 0 Å². The van der Waals surface area contributed by atoms with Crippen molar-refractivity contribution < 1.29 is 41.0 Å². The van der Waals surface area contributed by atoms with Gasteiger partial charge >= 0.3 is 12.3 Å². The van der Waals surface area contributed by atoms with Crippen LogP contribution in [0.4, 0.5) is 26.7 Å². The minimum absolute atomic E-state index is 0.103. The quantitative estimate of drug-likeness (QED) is 0.0996. The van der Waals surface area contributed by atoms with E-state index in [1.165, 1.54) is 31.7 Å². The highest BCUT2D eigenvalue weighted by atomic mass is 19.4. The molecule has 0 amide bonds. The third-order valence-electron chi connectivity index (χ3n) is 5.85. The molecule has 2 aromatic carbocycles. The molecule has 0 spiro atoms. The van der Waals surface area contributed by atoms with Crippen LogP contribution in [0.5, 0.6) is 11.5 Å². The van der Waals surface area contributed by atoms with E-state index in [9.17, 15) is 26.7 Å². The lowest BCUT2D eigenvalue weighted by Crippen LogP contribution is -2.34. The summed E-state index contributed by atoms with van der Waals surface area (Å²) < 4.78 is 83.3. The van der Waals surface area contributed by atoms with E-state index in [4.69, 9.17) is 4.74 Å². The summed E-state index contributed by atoms with van der Waals surface area (Å²) in [7, 11) is 0. The molecule has 0 fully saturated rings. The minimum Gasteiger partial charge on any atom is -0.494 e. The molecule has 0 saturated carbocycles. The molecule has 1 atom stereocenters. The number of alkyl halides is 3. The third kappa shape index (κ3) is 10.2. The van der Waals surface area contributed by atoms with Crippen LogP contribution in [-0.2, 0) is 4.74 Å². The monoisotopic (exact) mass is 530 g/mol. The number of hydrogen-bond acceptors (Lipinski definition) is 4. The molecule has 0 bridgehead atoms. The molecule has 0 saturated heterocycles. The zero-order chi connectivity index (χ0) is 27.3. The lowest BCUT2D eigenvalue weighted by Gasteiger charge is -2.20. The van der Waals surface area contributed by atoms with Crippen molar-refractivity contribution in [3.8, 4) is 22.6 Å². The lowest BCUT2D eigenvalue weighted by atomic mass is 10.0. The van der Waals surface area contributed by atoms with Crippen LogP contribution >= 0.6 is 0 Å². The summed E-state index contributed by atoms with van der Waals surface area (Å²) in [6.07, 6.45) is -1.17. The molecule has 9 heteroatoms. The van der Waals surface area contributed by atoms with Crippen molar-refractivity contribution >= 4 is 6.16 Å². The highest BCUT2D eigenvalue weighted by molar-refractivity contribution is 5.68. The zero-order valence-corrected chi connectivity index (χ0v) is 21.3. The molecule has 0 aliphatic heterocycles. The summed E-state index contributed by atoms with van der Waals surface area (Å²) in [6.45, 7) is 4.54. The van der Waals surface area contributed by atoms with Crippen molar-refractivity contribution in [2.45, 2.75) is 90.3 Å². The van der Waals surface area contributed by atoms with Crippen molar-refractivity contribution in [1.82, 2.24) is 0 Å². The minimum atomic E-state index is -4.80. The number of ether oxygens (including phenoxy) is 3. The fraction of sp³-hybridized carbons (Fsp3) is 0.536. The van der Waals surface area contributed by atoms with Gasteiger partial charge in [-0.1, -0.05) is 70.9 Å². The normalized spacial score (nSPS) is 12.3. The molecule has 0 heterocycles. The van der Waals surface area contributed by atoms with Gasteiger partial charge < -0.3 is 14.2 Å². The molecule has 2 aromatic rings. The molecular weight excluding hydrogens is 495 g/mol. The summed E-state index contributed by atoms with van der Waals surface area (Å²) in [5.74, 6) is -3.08. The molecule has 37 heavy (non-hydrogen) atoms. The lowest BCUT2D eigenvalue weighted by molar-refractivity contribution is -0.208. The summed E-state index contributed by atoms with van der Waals surface area (Å²) >= 11 is 0. The van der Waals surface area contributed by atoms with Crippen LogP contribution in [0.15, 0.2) is 36.4 Å². The summed E-state index contributed by atoms with van der Waals surface area (Å²) in [4.78, 5) is 11.9. The molecule has 0 radical (unpaired) electrons. The van der Waals surface area contributed by atoms with Gasteiger partial charge in [0.2, 0.25) is 11.9 Å². The Bertz CT molecular complexity index is 960. The van der Waals surface area contributed by atoms with Crippen molar-refractivity contribution in [1.29, 1.82) is 0 Å². The van der Waals surface area contributed by atoms with Crippen molar-refractivity contribution in [3.05, 3.63) is 48.0 Å². The average Bonchev–Trinajstić information content (AvgIpc) is 2.86. The molecule has 4 nitrogen and oxygen atoms in total. The number of unbranched alkanes of at least 4 members (excludes halogenated alkanes) is 7. The van der Waals surface area contributed by atoms with Gasteiger partial charge in [0.15, 0.2) is 11.6 Å². The Morgan fingerprint density at radius 1 is 0.811 bits per heavy atom. The second kappa shape index (κ2) is 15.4. The van der Waals surface area contributed by atoms with Crippen molar-refractivity contribution in [2.75, 3.05) is 6.61 Å². The molecule has 0 aliphatic rings. The Morgan fingerprint density at radius 3 is 2.08 bits per heavy atom. The topological polar surface area (TPSA) is 44.8 Å². The fourth-order valence-corrected chi connectivity index (χ4v) is 3.74. The van der Waals surface area contributed by atoms with E-state index in [0.29, 0.717) is 30.8 Å². The van der Waals surface area contributed by atoms with Crippen LogP contribution < -0.4 is 9.47 Å². The highest BCUT2D eigenvalue weighted by Gasteiger charge is 2.43. The van der Waals surface area contributed by atoms with E-state index >= 15 is 0 Å². The SMILES string of the molecule is CCCCCCCCOc1ccc(-c2ccc(OC(=O)OC(CCCCC)C(F)(F)F)c(F)c2F)cc1. The molecular formula is C28H35F5O4. The standard InChI is InChI=1S/C28H35F5O4/c1-3-5-7-8-9-11-19-35-21-15-13-20(14-16-21)22-17-18-23(26(30)25(22)29)36-27(34)37-24(28(31,32)33)12-10-6-4-2/h13-18,24H,3-12,19H2,1-2H3. The van der Waals surface area contributed by atoms with E-state index < -0.39 is 42.2 Å². The predicted molar refractivity (Wildman–Crippen MR) is 132 cm³/mol. The van der Waals surface area contributed by atoms with Crippen LogP contribution in [0.2, 0.25) is 0 Å². The second-order valence-corrected chi connectivity index (χ2v) is 8.88. The number of hydrogen-bond donors (Lipinski definition) is 0. The molecule has 2 rings (SSSR count). The molecule has 0 N–H and O–H groups in total. The van der Waals surface area contributed by atoms with Gasteiger partial charge in [0, 0.05) is 5.56 Å². The largest absolute Gasteiger partial charge is 0.514 e. The first-order chi connectivity index (χ1) is 17.7. The molecule has 0 aromatic heterocycles. The van der Waals surface area contributed by atoms with Gasteiger partial charge in [0.05, 0.1) is 6.61 Å². The summed E-state index contributed by atoms with van der Waals surface area (Å²) in [5.41, 5.74) is 0.249. The Labute approximate surface area is 215 Å². The number of halogens is 5. The number of carbonyl (C=O) groups excluding carboxylic acids is 1. The van der Waals surface area contributed by atoms with Crippen molar-refractivity contribution in [3.63, 3.8) is 0 Å². The Hall–Kier alpha value is -2.84. The van der Waals surface area contributed by atoms with E-state index in [2.05, 4.69) is 16.4 Å². The van der Waals surface area contributed by atoms with Crippen LogP contribution in [0.25, 0.3) is 11.1 Å². The first kappa shape index (κ1) is 30.4. The summed E-state index contributed by atoms with van der Waals surface area (Å²) in [5, 5.41) is 0. The van der Waals surface area contributed by atoms with E-state index in [1.54, 1.807) is 24.3 Å². The maximum atomic E-state index is 14.7. The Balaban J connectivity index is 1.97. The van der Waals surface area contributed by atoms with E-state index in [1.807, 2.05) is 6.92 Å². The highest BCUT2D eigenvalue weighted by Crippen LogP contribution is 2.32. The molecule has 206 valence electrons. The van der Waals surface area contributed by atoms with Gasteiger partial charge in [-0.05, 0) is 49.1 Å². The first-order valence-electron chi connectivity index (χ1n) is 12.8. The third-order valence-corrected chi connectivity index (χ3v) is 5.85. The number of benzene rings is 2. The number of carbonyl (C=O) groups is 1. The van der Waals surface area contributed by atoms with Gasteiger partial charge in [-0.25, -0.2) is 9.18 Å². The van der Waals surface area contributed by atoms with Gasteiger partial charge in [-0.2, -0.15) is 17.6 Å². The van der Waals surface area contributed by atoms with E-state index in [-0.39, 0.29) is 12.0 Å². The van der Waals surface area contributed by atoms with Gasteiger partial charge in [0.1, 0.15) is 5.75 Å².